The van der Waals surface area contributed by atoms with E-state index in [1.165, 1.54) is 6.92 Å². The zero-order valence-corrected chi connectivity index (χ0v) is 8.92. The second kappa shape index (κ2) is 4.89. The molecule has 1 heterocycles. The van der Waals surface area contributed by atoms with E-state index in [4.69, 9.17) is 5.11 Å². The van der Waals surface area contributed by atoms with E-state index in [-0.39, 0.29) is 12.5 Å². The number of aliphatic hydroxyl groups is 3. The summed E-state index contributed by atoms with van der Waals surface area (Å²) in [5.41, 5.74) is 0. The van der Waals surface area contributed by atoms with Gasteiger partial charge in [-0.3, -0.25) is 9.69 Å². The van der Waals surface area contributed by atoms with Gasteiger partial charge >= 0.3 is 0 Å². The molecule has 1 aliphatic rings. The van der Waals surface area contributed by atoms with E-state index in [0.29, 0.717) is 6.54 Å². The van der Waals surface area contributed by atoms with E-state index in [1.54, 1.807) is 11.9 Å². The van der Waals surface area contributed by atoms with Gasteiger partial charge in [-0.05, 0) is 7.05 Å². The average molecular weight is 218 g/mol. The molecule has 1 rings (SSSR count). The minimum Gasteiger partial charge on any atom is -0.395 e. The highest BCUT2D eigenvalue weighted by Crippen LogP contribution is 2.16. The van der Waals surface area contributed by atoms with Gasteiger partial charge in [0.15, 0.2) is 0 Å². The summed E-state index contributed by atoms with van der Waals surface area (Å²) in [5.74, 6) is -0.248. The minimum atomic E-state index is -1.05. The maximum absolute atomic E-state index is 10.9. The van der Waals surface area contributed by atoms with Crippen molar-refractivity contribution in [1.82, 2.24) is 10.2 Å². The molecule has 1 amide bonds. The third kappa shape index (κ3) is 2.66. The Labute approximate surface area is 88.5 Å². The molecule has 88 valence electrons. The zero-order chi connectivity index (χ0) is 11.6. The predicted molar refractivity (Wildman–Crippen MR) is 53.1 cm³/mol. The quantitative estimate of drug-likeness (QED) is 0.412. The van der Waals surface area contributed by atoms with E-state index in [9.17, 15) is 15.0 Å². The highest BCUT2D eigenvalue weighted by atomic mass is 16.3. The topological polar surface area (TPSA) is 93.0 Å². The molecule has 1 aliphatic heterocycles. The van der Waals surface area contributed by atoms with E-state index >= 15 is 0 Å². The van der Waals surface area contributed by atoms with E-state index < -0.39 is 24.3 Å². The van der Waals surface area contributed by atoms with Crippen LogP contribution in [0.2, 0.25) is 0 Å². The third-order valence-corrected chi connectivity index (χ3v) is 2.78. The number of aliphatic hydroxyl groups excluding tert-OH is 3. The van der Waals surface area contributed by atoms with Crippen molar-refractivity contribution < 1.29 is 20.1 Å². The summed E-state index contributed by atoms with van der Waals surface area (Å²) in [5, 5.41) is 31.0. The lowest BCUT2D eigenvalue weighted by Crippen LogP contribution is -2.65. The van der Waals surface area contributed by atoms with E-state index in [1.807, 2.05) is 0 Å². The molecule has 6 heteroatoms. The lowest BCUT2D eigenvalue weighted by molar-refractivity contribution is -0.127. The van der Waals surface area contributed by atoms with Crippen molar-refractivity contribution in [2.24, 2.45) is 0 Å². The molecule has 4 N–H and O–H groups in total. The van der Waals surface area contributed by atoms with Crippen LogP contribution in [0.15, 0.2) is 0 Å². The van der Waals surface area contributed by atoms with Crippen molar-refractivity contribution >= 4 is 5.91 Å². The molecule has 0 bridgehead atoms. The van der Waals surface area contributed by atoms with Crippen LogP contribution in [0.3, 0.4) is 0 Å². The highest BCUT2D eigenvalue weighted by molar-refractivity contribution is 5.73. The molecule has 6 nitrogen and oxygen atoms in total. The van der Waals surface area contributed by atoms with Crippen LogP contribution >= 0.6 is 0 Å². The lowest BCUT2D eigenvalue weighted by Gasteiger charge is -2.43. The van der Waals surface area contributed by atoms with Gasteiger partial charge in [-0.2, -0.15) is 0 Å². The van der Waals surface area contributed by atoms with Crippen molar-refractivity contribution in [2.45, 2.75) is 31.2 Å². The van der Waals surface area contributed by atoms with Crippen LogP contribution < -0.4 is 5.32 Å². The van der Waals surface area contributed by atoms with Gasteiger partial charge in [-0.15, -0.1) is 0 Å². The minimum absolute atomic E-state index is 0.221. The smallest absolute Gasteiger partial charge is 0.217 e. The van der Waals surface area contributed by atoms with Crippen molar-refractivity contribution in [2.75, 3.05) is 20.2 Å². The molecule has 15 heavy (non-hydrogen) atoms. The first-order valence-electron chi connectivity index (χ1n) is 4.91. The normalized spacial score (nSPS) is 37.7. The summed E-state index contributed by atoms with van der Waals surface area (Å²) in [7, 11) is 1.73. The Morgan fingerprint density at radius 1 is 1.47 bits per heavy atom. The fraction of sp³-hybridized carbons (Fsp3) is 0.889. The number of carbonyl (C=O) groups excluding carboxylic acids is 1. The molecule has 1 fully saturated rings. The lowest BCUT2D eigenvalue weighted by atomic mass is 9.93. The molecule has 4 atom stereocenters. The van der Waals surface area contributed by atoms with Crippen molar-refractivity contribution in [3.63, 3.8) is 0 Å². The van der Waals surface area contributed by atoms with E-state index in [0.717, 1.165) is 0 Å². The Kier molecular flexibility index (Phi) is 4.04. The Hall–Kier alpha value is -0.690. The van der Waals surface area contributed by atoms with Gasteiger partial charge in [0.1, 0.15) is 6.10 Å². The molecule has 0 aromatic rings. The molecular weight excluding hydrogens is 200 g/mol. The largest absolute Gasteiger partial charge is 0.395 e. The predicted octanol–water partition coefficient (Wildman–Crippen LogP) is -2.48. The second-order valence-corrected chi connectivity index (χ2v) is 3.98. The van der Waals surface area contributed by atoms with Gasteiger partial charge in [0.2, 0.25) is 5.91 Å². The number of nitrogens with zero attached hydrogens (tertiary/aromatic N) is 1. The molecule has 0 radical (unpaired) electrons. The van der Waals surface area contributed by atoms with Crippen LogP contribution in [0.5, 0.6) is 0 Å². The van der Waals surface area contributed by atoms with E-state index in [2.05, 4.69) is 5.32 Å². The van der Waals surface area contributed by atoms with Gasteiger partial charge in [0.05, 0.1) is 24.8 Å². The number of likely N-dealkylation sites (tertiary alicyclic amines) is 1. The summed E-state index contributed by atoms with van der Waals surface area (Å²) < 4.78 is 0. The van der Waals surface area contributed by atoms with Crippen LogP contribution in [0.1, 0.15) is 6.92 Å². The Morgan fingerprint density at radius 3 is 2.53 bits per heavy atom. The van der Waals surface area contributed by atoms with Crippen molar-refractivity contribution in [3.05, 3.63) is 0 Å². The molecule has 4 unspecified atom stereocenters. The number of rotatable bonds is 2. The summed E-state index contributed by atoms with van der Waals surface area (Å²) in [4.78, 5) is 12.6. The number of hydrogen-bond acceptors (Lipinski definition) is 5. The zero-order valence-electron chi connectivity index (χ0n) is 8.92. The number of piperidine rings is 1. The van der Waals surface area contributed by atoms with Gasteiger partial charge in [-0.25, -0.2) is 0 Å². The summed E-state index contributed by atoms with van der Waals surface area (Å²) in [6.45, 7) is 1.54. The van der Waals surface area contributed by atoms with Crippen LogP contribution in [-0.4, -0.2) is 70.6 Å². The molecular formula is C9H18N2O4. The molecule has 0 spiro atoms. The van der Waals surface area contributed by atoms with Crippen LogP contribution in [0, 0.1) is 0 Å². The summed E-state index contributed by atoms with van der Waals surface area (Å²) in [6, 6.07) is -0.977. The number of nitrogens with one attached hydrogen (secondary N) is 1. The Balaban J connectivity index is 2.68. The molecule has 0 aromatic heterocycles. The van der Waals surface area contributed by atoms with Crippen molar-refractivity contribution in [1.29, 1.82) is 0 Å². The fourth-order valence-electron chi connectivity index (χ4n) is 1.92. The highest BCUT2D eigenvalue weighted by Gasteiger charge is 2.40. The van der Waals surface area contributed by atoms with Crippen LogP contribution in [0.25, 0.3) is 0 Å². The van der Waals surface area contributed by atoms with Gasteiger partial charge in [-0.1, -0.05) is 0 Å². The van der Waals surface area contributed by atoms with Crippen LogP contribution in [-0.2, 0) is 4.79 Å². The first-order valence-corrected chi connectivity index (χ1v) is 4.91. The average Bonchev–Trinajstić information content (AvgIpc) is 2.14. The van der Waals surface area contributed by atoms with Gasteiger partial charge in [0.25, 0.3) is 0 Å². The fourth-order valence-corrected chi connectivity index (χ4v) is 1.92. The number of likely N-dealkylation sites (N-methyl/N-ethyl adjacent to an activating group) is 1. The first kappa shape index (κ1) is 12.4. The summed E-state index contributed by atoms with van der Waals surface area (Å²) >= 11 is 0. The monoisotopic (exact) mass is 218 g/mol. The molecule has 1 saturated heterocycles. The summed E-state index contributed by atoms with van der Waals surface area (Å²) in [6.07, 6.45) is -2.09. The number of amides is 1. The molecule has 0 saturated carbocycles. The Bertz CT molecular complexity index is 236. The van der Waals surface area contributed by atoms with Crippen LogP contribution in [0.4, 0.5) is 0 Å². The SMILES string of the molecule is CC(=O)NC1CN(C)C(CO)C(O)C1O. The maximum atomic E-state index is 10.9. The standard InChI is InChI=1S/C9H18N2O4/c1-5(13)10-6-3-11(2)7(4-12)9(15)8(6)14/h6-9,12,14-15H,3-4H2,1-2H3,(H,10,13). The third-order valence-electron chi connectivity index (χ3n) is 2.78. The Morgan fingerprint density at radius 2 is 2.07 bits per heavy atom. The van der Waals surface area contributed by atoms with Gasteiger partial charge in [0, 0.05) is 13.5 Å². The second-order valence-electron chi connectivity index (χ2n) is 3.98. The molecule has 0 aliphatic carbocycles. The first-order chi connectivity index (χ1) is 6.97. The molecule has 0 aromatic carbocycles. The number of hydrogen-bond donors (Lipinski definition) is 4. The van der Waals surface area contributed by atoms with Crippen molar-refractivity contribution in [3.8, 4) is 0 Å². The maximum Gasteiger partial charge on any atom is 0.217 e. The van der Waals surface area contributed by atoms with Gasteiger partial charge < -0.3 is 20.6 Å². The number of carbonyl (C=O) groups is 1.